The molecule has 1 aliphatic heterocycles. The molecule has 3 nitrogen and oxygen atoms in total. The van der Waals surface area contributed by atoms with Crippen molar-refractivity contribution in [2.24, 2.45) is 0 Å². The Hall–Kier alpha value is -0.770. The highest BCUT2D eigenvalue weighted by Gasteiger charge is 2.15. The van der Waals surface area contributed by atoms with Crippen LogP contribution < -0.4 is 4.74 Å². The van der Waals surface area contributed by atoms with E-state index >= 15 is 0 Å². The molecule has 5 heteroatoms. The van der Waals surface area contributed by atoms with Gasteiger partial charge < -0.3 is 4.74 Å². The summed E-state index contributed by atoms with van der Waals surface area (Å²) in [6, 6.07) is 5.16. The second-order valence-electron chi connectivity index (χ2n) is 4.33. The van der Waals surface area contributed by atoms with Crippen LogP contribution in [0, 0.1) is 0 Å². The number of ketones is 1. The Morgan fingerprint density at radius 3 is 2.33 bits per heavy atom. The van der Waals surface area contributed by atoms with Crippen LogP contribution in [0.5, 0.6) is 5.75 Å². The van der Waals surface area contributed by atoms with Gasteiger partial charge in [0.15, 0.2) is 0 Å². The number of nitrogens with zero attached hydrogens (tertiary/aromatic N) is 1. The summed E-state index contributed by atoms with van der Waals surface area (Å²) in [7, 11) is 0. The largest absolute Gasteiger partial charge is 0.492 e. The smallest absolute Gasteiger partial charge is 0.135 e. The molecule has 0 bridgehead atoms. The number of benzene rings is 1. The molecule has 0 saturated carbocycles. The van der Waals surface area contributed by atoms with Crippen LogP contribution in [-0.2, 0) is 4.79 Å². The maximum atomic E-state index is 11.1. The van der Waals surface area contributed by atoms with Gasteiger partial charge in [0.2, 0.25) is 0 Å². The van der Waals surface area contributed by atoms with Gasteiger partial charge in [0.1, 0.15) is 18.1 Å². The molecule has 0 atom stereocenters. The van der Waals surface area contributed by atoms with Crippen LogP contribution in [0.2, 0.25) is 10.0 Å². The Kier molecular flexibility index (Phi) is 4.87. The summed E-state index contributed by atoms with van der Waals surface area (Å²) in [5.74, 6) is 1.04. The number of halogens is 2. The van der Waals surface area contributed by atoms with Crippen molar-refractivity contribution in [1.82, 2.24) is 4.90 Å². The molecule has 1 heterocycles. The van der Waals surface area contributed by atoms with Gasteiger partial charge in [0.05, 0.1) is 0 Å². The van der Waals surface area contributed by atoms with Gasteiger partial charge in [-0.2, -0.15) is 0 Å². The zero-order valence-corrected chi connectivity index (χ0v) is 11.5. The third kappa shape index (κ3) is 4.16. The molecule has 0 unspecified atom stereocenters. The van der Waals surface area contributed by atoms with E-state index < -0.39 is 0 Å². The van der Waals surface area contributed by atoms with Gasteiger partial charge in [-0.25, -0.2) is 0 Å². The number of carbonyl (C=O) groups is 1. The highest BCUT2D eigenvalue weighted by molar-refractivity contribution is 6.34. The molecule has 1 fully saturated rings. The van der Waals surface area contributed by atoms with Crippen LogP contribution in [0.3, 0.4) is 0 Å². The fourth-order valence-corrected chi connectivity index (χ4v) is 2.44. The molecule has 0 aromatic heterocycles. The first-order valence-corrected chi connectivity index (χ1v) is 6.72. The second kappa shape index (κ2) is 6.41. The highest BCUT2D eigenvalue weighted by atomic mass is 35.5. The molecule has 0 radical (unpaired) electrons. The average Bonchev–Trinajstić information content (AvgIpc) is 2.30. The van der Waals surface area contributed by atoms with Crippen molar-refractivity contribution < 1.29 is 9.53 Å². The Balaban J connectivity index is 1.76. The van der Waals surface area contributed by atoms with Gasteiger partial charge in [-0.1, -0.05) is 23.2 Å². The number of rotatable bonds is 4. The molecule has 1 aliphatic rings. The van der Waals surface area contributed by atoms with Crippen molar-refractivity contribution >= 4 is 29.0 Å². The highest BCUT2D eigenvalue weighted by Crippen LogP contribution is 2.24. The number of piperidine rings is 1. The van der Waals surface area contributed by atoms with Gasteiger partial charge in [-0.15, -0.1) is 0 Å². The van der Waals surface area contributed by atoms with Gasteiger partial charge in [-0.3, -0.25) is 9.69 Å². The molecule has 1 aromatic rings. The van der Waals surface area contributed by atoms with E-state index in [-0.39, 0.29) is 0 Å². The number of hydrogen-bond acceptors (Lipinski definition) is 3. The van der Waals surface area contributed by atoms with Gasteiger partial charge >= 0.3 is 0 Å². The quantitative estimate of drug-likeness (QED) is 0.853. The van der Waals surface area contributed by atoms with Crippen molar-refractivity contribution in [3.05, 3.63) is 28.2 Å². The third-order valence-corrected chi connectivity index (χ3v) is 3.36. The summed E-state index contributed by atoms with van der Waals surface area (Å²) in [5, 5.41) is 1.14. The summed E-state index contributed by atoms with van der Waals surface area (Å²) < 4.78 is 5.60. The Morgan fingerprint density at radius 2 is 1.72 bits per heavy atom. The van der Waals surface area contributed by atoms with Gasteiger partial charge in [0.25, 0.3) is 0 Å². The van der Waals surface area contributed by atoms with Crippen LogP contribution >= 0.6 is 23.2 Å². The van der Waals surface area contributed by atoms with E-state index in [0.717, 1.165) is 19.6 Å². The molecule has 18 heavy (non-hydrogen) atoms. The molecule has 0 amide bonds. The number of hydrogen-bond donors (Lipinski definition) is 0. The Morgan fingerprint density at radius 1 is 1.11 bits per heavy atom. The zero-order valence-electron chi connectivity index (χ0n) is 9.99. The van der Waals surface area contributed by atoms with Crippen LogP contribution in [0.1, 0.15) is 12.8 Å². The van der Waals surface area contributed by atoms with E-state index in [1.165, 1.54) is 0 Å². The lowest BCUT2D eigenvalue weighted by Gasteiger charge is -2.25. The first-order chi connectivity index (χ1) is 8.63. The van der Waals surface area contributed by atoms with Gasteiger partial charge in [0, 0.05) is 42.5 Å². The number of ether oxygens (including phenoxy) is 1. The van der Waals surface area contributed by atoms with E-state index in [9.17, 15) is 4.79 Å². The van der Waals surface area contributed by atoms with E-state index in [1.54, 1.807) is 18.2 Å². The first-order valence-electron chi connectivity index (χ1n) is 5.96. The lowest BCUT2D eigenvalue weighted by atomic mass is 10.1. The SMILES string of the molecule is O=C1CCN(CCOc2cc(Cl)cc(Cl)c2)CC1. The van der Waals surface area contributed by atoms with Gasteiger partial charge in [-0.05, 0) is 18.2 Å². The summed E-state index contributed by atoms with van der Waals surface area (Å²) in [6.07, 6.45) is 1.31. The summed E-state index contributed by atoms with van der Waals surface area (Å²) in [4.78, 5) is 13.3. The number of Topliss-reactive ketones (excluding diaryl/α,β-unsaturated/α-hetero) is 1. The molecule has 0 aliphatic carbocycles. The van der Waals surface area contributed by atoms with E-state index in [0.29, 0.717) is 41.0 Å². The van der Waals surface area contributed by atoms with Crippen molar-refractivity contribution in [1.29, 1.82) is 0 Å². The van der Waals surface area contributed by atoms with Crippen molar-refractivity contribution in [2.75, 3.05) is 26.2 Å². The van der Waals surface area contributed by atoms with Crippen LogP contribution in [-0.4, -0.2) is 36.9 Å². The molecule has 0 N–H and O–H groups in total. The van der Waals surface area contributed by atoms with Crippen molar-refractivity contribution in [3.63, 3.8) is 0 Å². The fraction of sp³-hybridized carbons (Fsp3) is 0.462. The molecular formula is C13H15Cl2NO2. The standard InChI is InChI=1S/C13H15Cl2NO2/c14-10-7-11(15)9-13(8-10)18-6-5-16-3-1-12(17)2-4-16/h7-9H,1-6H2. The Labute approximate surface area is 117 Å². The normalized spacial score (nSPS) is 16.9. The average molecular weight is 288 g/mol. The summed E-state index contributed by atoms with van der Waals surface area (Å²) in [5.41, 5.74) is 0. The molecule has 1 aromatic carbocycles. The Bertz CT molecular complexity index is 407. The molecular weight excluding hydrogens is 273 g/mol. The third-order valence-electron chi connectivity index (χ3n) is 2.93. The number of carbonyl (C=O) groups excluding carboxylic acids is 1. The van der Waals surface area contributed by atoms with E-state index in [4.69, 9.17) is 27.9 Å². The zero-order chi connectivity index (χ0) is 13.0. The first kappa shape index (κ1) is 13.7. The monoisotopic (exact) mass is 287 g/mol. The van der Waals surface area contributed by atoms with E-state index in [1.807, 2.05) is 0 Å². The van der Waals surface area contributed by atoms with Crippen LogP contribution in [0.4, 0.5) is 0 Å². The second-order valence-corrected chi connectivity index (χ2v) is 5.21. The van der Waals surface area contributed by atoms with Crippen LogP contribution in [0.25, 0.3) is 0 Å². The predicted octanol–water partition coefficient (Wildman–Crippen LogP) is 3.04. The number of likely N-dealkylation sites (tertiary alicyclic amines) is 1. The minimum absolute atomic E-state index is 0.355. The lowest BCUT2D eigenvalue weighted by Crippen LogP contribution is -2.36. The molecule has 1 saturated heterocycles. The summed E-state index contributed by atoms with van der Waals surface area (Å²) in [6.45, 7) is 3.05. The maximum absolute atomic E-state index is 11.1. The topological polar surface area (TPSA) is 29.5 Å². The summed E-state index contributed by atoms with van der Waals surface area (Å²) >= 11 is 11.8. The fourth-order valence-electron chi connectivity index (χ4n) is 1.93. The molecule has 2 rings (SSSR count). The minimum Gasteiger partial charge on any atom is -0.492 e. The lowest BCUT2D eigenvalue weighted by molar-refractivity contribution is -0.121. The van der Waals surface area contributed by atoms with E-state index in [2.05, 4.69) is 4.90 Å². The van der Waals surface area contributed by atoms with Crippen molar-refractivity contribution in [3.8, 4) is 5.75 Å². The van der Waals surface area contributed by atoms with Crippen LogP contribution in [0.15, 0.2) is 18.2 Å². The molecule has 98 valence electrons. The minimum atomic E-state index is 0.355. The maximum Gasteiger partial charge on any atom is 0.135 e. The molecule has 0 spiro atoms. The van der Waals surface area contributed by atoms with Crippen molar-refractivity contribution in [2.45, 2.75) is 12.8 Å². The predicted molar refractivity (Wildman–Crippen MR) is 72.6 cm³/mol.